The Labute approximate surface area is 189 Å². The summed E-state index contributed by atoms with van der Waals surface area (Å²) in [5.41, 5.74) is 0.392. The van der Waals surface area contributed by atoms with Crippen LogP contribution < -0.4 is 10.4 Å². The third kappa shape index (κ3) is 4.42. The van der Waals surface area contributed by atoms with E-state index in [1.54, 1.807) is 0 Å². The van der Waals surface area contributed by atoms with E-state index in [-0.39, 0.29) is 0 Å². The van der Waals surface area contributed by atoms with Crippen LogP contribution in [0.4, 0.5) is 0 Å². The maximum atomic E-state index is 7.18. The molecule has 0 N–H and O–H groups in total. The van der Waals surface area contributed by atoms with Gasteiger partial charge in [0.1, 0.15) is 0 Å². The summed E-state index contributed by atoms with van der Waals surface area (Å²) >= 11 is 0. The molecule has 2 nitrogen and oxygen atoms in total. The lowest BCUT2D eigenvalue weighted by Gasteiger charge is -2.57. The first-order valence-corrected chi connectivity index (χ1v) is 14.4. The predicted molar refractivity (Wildman–Crippen MR) is 130 cm³/mol. The van der Waals surface area contributed by atoms with E-state index in [4.69, 9.17) is 8.85 Å². The third-order valence-corrected chi connectivity index (χ3v) is 11.5. The van der Waals surface area contributed by atoms with E-state index < -0.39 is 8.56 Å². The predicted octanol–water partition coefficient (Wildman–Crippen LogP) is 5.68. The summed E-state index contributed by atoms with van der Waals surface area (Å²) in [6.07, 6.45) is 12.1. The summed E-state index contributed by atoms with van der Waals surface area (Å²) in [5, 5.41) is 2.50. The number of hydrogen-bond donors (Lipinski definition) is 0. The Morgan fingerprint density at radius 2 is 1.26 bits per heavy atom. The molecule has 4 aliphatic carbocycles. The van der Waals surface area contributed by atoms with Gasteiger partial charge in [0.25, 0.3) is 0 Å². The molecule has 0 spiro atoms. The highest BCUT2D eigenvalue weighted by atomic mass is 28.4. The second-order valence-corrected chi connectivity index (χ2v) is 13.6. The van der Waals surface area contributed by atoms with Crippen molar-refractivity contribution in [3.63, 3.8) is 0 Å². The summed E-state index contributed by atoms with van der Waals surface area (Å²) < 4.78 is 14.1. The van der Waals surface area contributed by atoms with E-state index >= 15 is 0 Å². The molecule has 3 heteroatoms. The van der Waals surface area contributed by atoms with Gasteiger partial charge in [0.05, 0.1) is 0 Å². The summed E-state index contributed by atoms with van der Waals surface area (Å²) in [6.45, 7) is 3.91. The van der Waals surface area contributed by atoms with Crippen molar-refractivity contribution < 1.29 is 8.85 Å². The van der Waals surface area contributed by atoms with Gasteiger partial charge in [-0.3, -0.25) is 0 Å². The van der Waals surface area contributed by atoms with Crippen LogP contribution in [0.2, 0.25) is 0 Å². The first-order valence-electron chi connectivity index (χ1n) is 12.6. The molecular formula is C28H38O2Si. The smallest absolute Gasteiger partial charge is 0.388 e. The van der Waals surface area contributed by atoms with Crippen LogP contribution in [0.25, 0.3) is 0 Å². The zero-order valence-electron chi connectivity index (χ0n) is 19.1. The lowest BCUT2D eigenvalue weighted by atomic mass is 9.50. The van der Waals surface area contributed by atoms with Crippen LogP contribution in [-0.4, -0.2) is 21.8 Å². The number of benzene rings is 2. The summed E-state index contributed by atoms with van der Waals surface area (Å²) in [6, 6.07) is 21.7. The lowest BCUT2D eigenvalue weighted by molar-refractivity contribution is -0.0792. The Hall–Kier alpha value is -1.42. The Morgan fingerprint density at radius 3 is 1.74 bits per heavy atom. The fraction of sp³-hybridized carbons (Fsp3) is 0.571. The van der Waals surface area contributed by atoms with E-state index in [1.807, 2.05) is 0 Å². The van der Waals surface area contributed by atoms with Gasteiger partial charge in [-0.15, -0.1) is 0 Å². The largest absolute Gasteiger partial charge is 0.407 e. The number of hydrogen-bond acceptors (Lipinski definition) is 2. The quantitative estimate of drug-likeness (QED) is 0.354. The van der Waals surface area contributed by atoms with Gasteiger partial charge in [0.2, 0.25) is 0 Å². The first kappa shape index (κ1) is 21.4. The fourth-order valence-electron chi connectivity index (χ4n) is 7.15. The molecular weight excluding hydrogens is 396 g/mol. The third-order valence-electron chi connectivity index (χ3n) is 8.11. The molecule has 0 unspecified atom stereocenters. The van der Waals surface area contributed by atoms with Crippen molar-refractivity contribution in [2.75, 3.05) is 13.2 Å². The minimum atomic E-state index is -2.75. The highest BCUT2D eigenvalue weighted by Crippen LogP contribution is 2.60. The molecule has 0 heterocycles. The molecule has 4 bridgehead atoms. The van der Waals surface area contributed by atoms with Crippen molar-refractivity contribution in [3.8, 4) is 0 Å². The highest BCUT2D eigenvalue weighted by Gasteiger charge is 2.53. The van der Waals surface area contributed by atoms with Gasteiger partial charge in [-0.2, -0.15) is 0 Å². The van der Waals surface area contributed by atoms with Crippen molar-refractivity contribution in [2.45, 2.75) is 64.7 Å². The van der Waals surface area contributed by atoms with Gasteiger partial charge in [-0.25, -0.2) is 0 Å². The van der Waals surface area contributed by atoms with Crippen LogP contribution in [0.5, 0.6) is 0 Å². The second kappa shape index (κ2) is 9.21. The minimum Gasteiger partial charge on any atom is -0.388 e. The molecule has 0 aromatic heterocycles. The molecule has 0 saturated heterocycles. The zero-order valence-corrected chi connectivity index (χ0v) is 20.1. The van der Waals surface area contributed by atoms with E-state index in [9.17, 15) is 0 Å². The number of rotatable bonds is 10. The van der Waals surface area contributed by atoms with Crippen LogP contribution in [0.15, 0.2) is 60.7 Å². The van der Waals surface area contributed by atoms with E-state index in [0.29, 0.717) is 5.41 Å². The zero-order chi connectivity index (χ0) is 21.2. The molecule has 0 atom stereocenters. The molecule has 6 rings (SSSR count). The standard InChI is InChI=1S/C28H38O2Si/c1-2-3-10-15-29-31(26-11-6-4-7-12-26,27-13-8-5-9-14-27)30-22-28-19-23-16-24(20-28)18-25(17-23)21-28/h4-9,11-14,23-25H,2-3,10,15-22H2,1H3. The average Bonchev–Trinajstić information content (AvgIpc) is 2.79. The summed E-state index contributed by atoms with van der Waals surface area (Å²) in [7, 11) is -2.75. The molecule has 0 amide bonds. The van der Waals surface area contributed by atoms with Crippen LogP contribution in [0, 0.1) is 23.2 Å². The first-order chi connectivity index (χ1) is 15.2. The molecule has 31 heavy (non-hydrogen) atoms. The van der Waals surface area contributed by atoms with Gasteiger partial charge >= 0.3 is 8.56 Å². The molecule has 2 aromatic rings. The summed E-state index contributed by atoms with van der Waals surface area (Å²) in [5.74, 6) is 2.85. The molecule has 4 aliphatic rings. The molecule has 166 valence electrons. The summed E-state index contributed by atoms with van der Waals surface area (Å²) in [4.78, 5) is 0. The Balaban J connectivity index is 1.45. The fourth-order valence-corrected chi connectivity index (χ4v) is 10.4. The Morgan fingerprint density at radius 1 is 0.742 bits per heavy atom. The maximum Gasteiger partial charge on any atom is 0.407 e. The van der Waals surface area contributed by atoms with E-state index in [1.165, 1.54) is 61.7 Å². The molecule has 2 aromatic carbocycles. The van der Waals surface area contributed by atoms with Crippen molar-refractivity contribution >= 4 is 18.9 Å². The van der Waals surface area contributed by atoms with Crippen molar-refractivity contribution in [2.24, 2.45) is 23.2 Å². The van der Waals surface area contributed by atoms with Gasteiger partial charge in [-0.05, 0) is 78.5 Å². The SMILES string of the molecule is CCCCCO[Si](OCC12CC3CC(CC(C3)C1)C2)(c1ccccc1)c1ccccc1. The van der Waals surface area contributed by atoms with E-state index in [2.05, 4.69) is 67.6 Å². The van der Waals surface area contributed by atoms with Gasteiger partial charge in [0.15, 0.2) is 0 Å². The van der Waals surface area contributed by atoms with Gasteiger partial charge < -0.3 is 8.85 Å². The minimum absolute atomic E-state index is 0.392. The van der Waals surface area contributed by atoms with Crippen molar-refractivity contribution in [3.05, 3.63) is 60.7 Å². The van der Waals surface area contributed by atoms with Gasteiger partial charge in [0, 0.05) is 13.2 Å². The number of unbranched alkanes of at least 4 members (excludes halogenated alkanes) is 2. The normalized spacial score (nSPS) is 29.4. The maximum absolute atomic E-state index is 7.18. The monoisotopic (exact) mass is 434 g/mol. The molecule has 0 aliphatic heterocycles. The van der Waals surface area contributed by atoms with E-state index in [0.717, 1.165) is 37.4 Å². The lowest BCUT2D eigenvalue weighted by Crippen LogP contribution is -2.65. The topological polar surface area (TPSA) is 18.5 Å². The second-order valence-electron chi connectivity index (χ2n) is 10.6. The highest BCUT2D eigenvalue weighted by molar-refractivity contribution is 6.92. The van der Waals surface area contributed by atoms with Crippen LogP contribution in [-0.2, 0) is 8.85 Å². The Bertz CT molecular complexity index is 760. The average molecular weight is 435 g/mol. The van der Waals surface area contributed by atoms with Crippen LogP contribution >= 0.6 is 0 Å². The molecule has 4 saturated carbocycles. The Kier molecular flexibility index (Phi) is 6.36. The van der Waals surface area contributed by atoms with Crippen LogP contribution in [0.1, 0.15) is 64.7 Å². The molecule has 0 radical (unpaired) electrons. The van der Waals surface area contributed by atoms with Crippen molar-refractivity contribution in [1.82, 2.24) is 0 Å². The van der Waals surface area contributed by atoms with Crippen LogP contribution in [0.3, 0.4) is 0 Å². The van der Waals surface area contributed by atoms with Gasteiger partial charge in [-0.1, -0.05) is 80.4 Å². The molecule has 4 fully saturated rings. The van der Waals surface area contributed by atoms with Crippen molar-refractivity contribution in [1.29, 1.82) is 0 Å².